The first-order valence-electron chi connectivity index (χ1n) is 7.97. The highest BCUT2D eigenvalue weighted by Crippen LogP contribution is 2.23. The molecule has 2 aromatic carbocycles. The number of hydrogen-bond donors (Lipinski definition) is 1. The van der Waals surface area contributed by atoms with Crippen LogP contribution in [0.15, 0.2) is 66.9 Å². The molecule has 1 N–H and O–H groups in total. The summed E-state index contributed by atoms with van der Waals surface area (Å²) in [4.78, 5) is 4.30. The number of nitrogens with one attached hydrogen (secondary N) is 1. The van der Waals surface area contributed by atoms with Crippen molar-refractivity contribution in [2.45, 2.75) is 19.7 Å². The Labute approximate surface area is 157 Å². The van der Waals surface area contributed by atoms with E-state index in [-0.39, 0.29) is 0 Å². The van der Waals surface area contributed by atoms with Crippen molar-refractivity contribution in [1.82, 2.24) is 10.3 Å². The zero-order chi connectivity index (χ0) is 17.5. The van der Waals surface area contributed by atoms with Crippen molar-refractivity contribution in [1.29, 1.82) is 0 Å². The lowest BCUT2D eigenvalue weighted by molar-refractivity contribution is 0.306. The molecular weight excluding hydrogens is 355 g/mol. The second-order valence-electron chi connectivity index (χ2n) is 5.61. The summed E-state index contributed by atoms with van der Waals surface area (Å²) in [5.41, 5.74) is 3.16. The average molecular weight is 373 g/mol. The van der Waals surface area contributed by atoms with E-state index in [0.717, 1.165) is 35.7 Å². The molecule has 0 saturated heterocycles. The second-order valence-corrected chi connectivity index (χ2v) is 6.42. The second kappa shape index (κ2) is 8.86. The summed E-state index contributed by atoms with van der Waals surface area (Å²) in [6.45, 7) is 1.93. The lowest BCUT2D eigenvalue weighted by atomic mass is 10.2. The van der Waals surface area contributed by atoms with Crippen molar-refractivity contribution in [2.24, 2.45) is 0 Å². The molecule has 0 atom stereocenters. The summed E-state index contributed by atoms with van der Waals surface area (Å²) in [5, 5.41) is 4.47. The van der Waals surface area contributed by atoms with Gasteiger partial charge in [-0.05, 0) is 47.5 Å². The van der Waals surface area contributed by atoms with Crippen LogP contribution in [0, 0.1) is 0 Å². The molecule has 0 aliphatic heterocycles. The van der Waals surface area contributed by atoms with Crippen LogP contribution >= 0.6 is 23.2 Å². The molecule has 0 spiro atoms. The summed E-state index contributed by atoms with van der Waals surface area (Å²) in [7, 11) is 0. The fourth-order valence-corrected chi connectivity index (χ4v) is 2.70. The number of benzene rings is 2. The number of pyridine rings is 1. The number of nitrogens with zero attached hydrogens (tertiary/aromatic N) is 1. The summed E-state index contributed by atoms with van der Waals surface area (Å²) < 4.78 is 5.85. The van der Waals surface area contributed by atoms with E-state index in [1.165, 1.54) is 0 Å². The molecule has 0 bridgehead atoms. The maximum Gasteiger partial charge on any atom is 0.120 e. The molecule has 1 heterocycles. The van der Waals surface area contributed by atoms with Crippen LogP contribution in [0.25, 0.3) is 0 Å². The zero-order valence-electron chi connectivity index (χ0n) is 13.6. The fraction of sp³-hybridized carbons (Fsp3) is 0.150. The van der Waals surface area contributed by atoms with Crippen molar-refractivity contribution < 1.29 is 4.74 Å². The van der Waals surface area contributed by atoms with Gasteiger partial charge in [0.15, 0.2) is 0 Å². The van der Waals surface area contributed by atoms with Gasteiger partial charge in [-0.25, -0.2) is 0 Å². The number of hydrogen-bond acceptors (Lipinski definition) is 3. The minimum Gasteiger partial charge on any atom is -0.489 e. The number of aromatic nitrogens is 1. The number of ether oxygens (including phenoxy) is 1. The maximum absolute atomic E-state index is 6.03. The predicted octanol–water partition coefficient (Wildman–Crippen LogP) is 5.26. The van der Waals surface area contributed by atoms with E-state index in [0.29, 0.717) is 16.7 Å². The van der Waals surface area contributed by atoms with Crippen molar-refractivity contribution >= 4 is 23.2 Å². The standard InChI is InChI=1S/C20H18Cl2N2O/c21-19-8-7-16(11-20(19)22)14-25-18-6-3-4-15(10-18)12-23-13-17-5-1-2-9-24-17/h1-11,23H,12-14H2. The third-order valence-electron chi connectivity index (χ3n) is 3.65. The van der Waals surface area contributed by atoms with Gasteiger partial charge in [-0.1, -0.05) is 47.5 Å². The van der Waals surface area contributed by atoms with E-state index < -0.39 is 0 Å². The van der Waals surface area contributed by atoms with Gasteiger partial charge in [0, 0.05) is 19.3 Å². The molecule has 128 valence electrons. The van der Waals surface area contributed by atoms with E-state index in [4.69, 9.17) is 27.9 Å². The summed E-state index contributed by atoms with van der Waals surface area (Å²) in [6, 6.07) is 19.4. The van der Waals surface area contributed by atoms with Crippen LogP contribution in [0.5, 0.6) is 5.75 Å². The minimum atomic E-state index is 0.446. The van der Waals surface area contributed by atoms with Crippen LogP contribution in [0.3, 0.4) is 0 Å². The predicted molar refractivity (Wildman–Crippen MR) is 102 cm³/mol. The maximum atomic E-state index is 6.03. The quantitative estimate of drug-likeness (QED) is 0.614. The van der Waals surface area contributed by atoms with Crippen molar-refractivity contribution in [2.75, 3.05) is 0 Å². The first kappa shape index (κ1) is 17.7. The van der Waals surface area contributed by atoms with Gasteiger partial charge in [-0.15, -0.1) is 0 Å². The lowest BCUT2D eigenvalue weighted by Crippen LogP contribution is -2.13. The van der Waals surface area contributed by atoms with Crippen LogP contribution in [0.1, 0.15) is 16.8 Å². The summed E-state index contributed by atoms with van der Waals surface area (Å²) in [5.74, 6) is 0.822. The number of rotatable bonds is 7. The topological polar surface area (TPSA) is 34.1 Å². The van der Waals surface area contributed by atoms with Gasteiger partial charge in [-0.3, -0.25) is 4.98 Å². The Balaban J connectivity index is 1.53. The molecule has 0 amide bonds. The van der Waals surface area contributed by atoms with Crippen LogP contribution in [0.4, 0.5) is 0 Å². The molecule has 3 rings (SSSR count). The third kappa shape index (κ3) is 5.46. The molecule has 0 unspecified atom stereocenters. The first-order valence-corrected chi connectivity index (χ1v) is 8.72. The smallest absolute Gasteiger partial charge is 0.120 e. The van der Waals surface area contributed by atoms with Crippen molar-refractivity contribution in [3.8, 4) is 5.75 Å². The highest BCUT2D eigenvalue weighted by atomic mass is 35.5. The molecule has 25 heavy (non-hydrogen) atoms. The Morgan fingerprint density at radius 2 is 1.76 bits per heavy atom. The minimum absolute atomic E-state index is 0.446. The molecule has 3 aromatic rings. The van der Waals surface area contributed by atoms with Gasteiger partial charge in [0.1, 0.15) is 12.4 Å². The fourth-order valence-electron chi connectivity index (χ4n) is 2.38. The average Bonchev–Trinajstić information content (AvgIpc) is 2.64. The SMILES string of the molecule is Clc1ccc(COc2cccc(CNCc3ccccn3)c2)cc1Cl. The number of halogens is 2. The van der Waals surface area contributed by atoms with Crippen LogP contribution in [0.2, 0.25) is 10.0 Å². The largest absolute Gasteiger partial charge is 0.489 e. The van der Waals surface area contributed by atoms with Gasteiger partial charge < -0.3 is 10.1 Å². The molecule has 0 aliphatic rings. The Bertz CT molecular complexity index is 825. The van der Waals surface area contributed by atoms with E-state index in [9.17, 15) is 0 Å². The van der Waals surface area contributed by atoms with Crippen LogP contribution in [-0.4, -0.2) is 4.98 Å². The molecule has 0 radical (unpaired) electrons. The Kier molecular flexibility index (Phi) is 6.29. The Hall–Kier alpha value is -2.07. The van der Waals surface area contributed by atoms with Gasteiger partial charge in [0.05, 0.1) is 15.7 Å². The van der Waals surface area contributed by atoms with Gasteiger partial charge in [0.2, 0.25) is 0 Å². The van der Waals surface area contributed by atoms with E-state index >= 15 is 0 Å². The normalized spacial score (nSPS) is 10.6. The van der Waals surface area contributed by atoms with Crippen LogP contribution < -0.4 is 10.1 Å². The van der Waals surface area contributed by atoms with E-state index in [1.54, 1.807) is 12.3 Å². The Morgan fingerprint density at radius 3 is 2.56 bits per heavy atom. The van der Waals surface area contributed by atoms with Crippen molar-refractivity contribution in [3.63, 3.8) is 0 Å². The zero-order valence-corrected chi connectivity index (χ0v) is 15.1. The first-order chi connectivity index (χ1) is 12.2. The molecule has 5 heteroatoms. The molecule has 1 aromatic heterocycles. The molecule has 3 nitrogen and oxygen atoms in total. The van der Waals surface area contributed by atoms with Gasteiger partial charge in [-0.2, -0.15) is 0 Å². The van der Waals surface area contributed by atoms with E-state index in [1.807, 2.05) is 48.5 Å². The summed E-state index contributed by atoms with van der Waals surface area (Å²) >= 11 is 12.0. The molecular formula is C20H18Cl2N2O. The highest BCUT2D eigenvalue weighted by molar-refractivity contribution is 6.42. The molecule has 0 fully saturated rings. The summed E-state index contributed by atoms with van der Waals surface area (Å²) in [6.07, 6.45) is 1.80. The third-order valence-corrected chi connectivity index (χ3v) is 4.39. The highest BCUT2D eigenvalue weighted by Gasteiger charge is 2.02. The molecule has 0 saturated carbocycles. The molecule has 0 aliphatic carbocycles. The Morgan fingerprint density at radius 1 is 0.840 bits per heavy atom. The lowest BCUT2D eigenvalue weighted by Gasteiger charge is -2.09. The van der Waals surface area contributed by atoms with Crippen molar-refractivity contribution in [3.05, 3.63) is 93.7 Å². The van der Waals surface area contributed by atoms with Gasteiger partial charge in [0.25, 0.3) is 0 Å². The van der Waals surface area contributed by atoms with Crippen LogP contribution in [-0.2, 0) is 19.7 Å². The van der Waals surface area contributed by atoms with Gasteiger partial charge >= 0.3 is 0 Å². The van der Waals surface area contributed by atoms with E-state index in [2.05, 4.69) is 16.4 Å². The monoisotopic (exact) mass is 372 g/mol.